The molecule has 1 aromatic carbocycles. The summed E-state index contributed by atoms with van der Waals surface area (Å²) in [6.07, 6.45) is 1.70. The Bertz CT molecular complexity index is 767. The van der Waals surface area contributed by atoms with Crippen molar-refractivity contribution in [3.63, 3.8) is 0 Å². The number of nitrogens with one attached hydrogen (secondary N) is 1. The number of carboxylic acids is 1. The number of nitrogens with zero attached hydrogens (tertiary/aromatic N) is 2. The van der Waals surface area contributed by atoms with Crippen molar-refractivity contribution >= 4 is 17.6 Å². The number of aromatic nitrogens is 2. The predicted molar refractivity (Wildman–Crippen MR) is 87.1 cm³/mol. The van der Waals surface area contributed by atoms with Gasteiger partial charge >= 0.3 is 5.97 Å². The zero-order chi connectivity index (χ0) is 17.9. The van der Waals surface area contributed by atoms with Crippen molar-refractivity contribution in [3.05, 3.63) is 35.7 Å². The third-order valence-corrected chi connectivity index (χ3v) is 3.34. The summed E-state index contributed by atoms with van der Waals surface area (Å²) in [6.45, 7) is 3.89. The van der Waals surface area contributed by atoms with E-state index < -0.39 is 11.9 Å². The van der Waals surface area contributed by atoms with Gasteiger partial charge in [-0.3, -0.25) is 9.48 Å². The SMILES string of the molecule is COc1cc(C(=O)O)cc(NC(=O)c2ccn(C(C)C)n2)c1OC. The van der Waals surface area contributed by atoms with Crippen LogP contribution in [0.4, 0.5) is 5.69 Å². The molecule has 1 heterocycles. The van der Waals surface area contributed by atoms with Crippen LogP contribution in [0.15, 0.2) is 24.4 Å². The van der Waals surface area contributed by atoms with Crippen LogP contribution in [0.2, 0.25) is 0 Å². The first-order valence-electron chi connectivity index (χ1n) is 7.23. The van der Waals surface area contributed by atoms with Gasteiger partial charge in [-0.05, 0) is 32.0 Å². The van der Waals surface area contributed by atoms with Crippen LogP contribution < -0.4 is 14.8 Å². The fourth-order valence-electron chi connectivity index (χ4n) is 2.11. The number of carbonyl (C=O) groups is 2. The van der Waals surface area contributed by atoms with Crippen LogP contribution in [-0.2, 0) is 0 Å². The second kappa shape index (κ2) is 7.03. The summed E-state index contributed by atoms with van der Waals surface area (Å²) in [7, 11) is 2.79. The lowest BCUT2D eigenvalue weighted by Gasteiger charge is -2.14. The van der Waals surface area contributed by atoms with Gasteiger partial charge in [-0.1, -0.05) is 0 Å². The first-order chi connectivity index (χ1) is 11.4. The molecule has 0 unspecified atom stereocenters. The molecule has 0 aliphatic rings. The largest absolute Gasteiger partial charge is 0.493 e. The monoisotopic (exact) mass is 333 g/mol. The van der Waals surface area contributed by atoms with E-state index in [1.54, 1.807) is 16.9 Å². The molecule has 8 nitrogen and oxygen atoms in total. The van der Waals surface area contributed by atoms with Crippen molar-refractivity contribution in [1.29, 1.82) is 0 Å². The number of aromatic carboxylic acids is 1. The normalized spacial score (nSPS) is 10.5. The maximum atomic E-state index is 12.4. The van der Waals surface area contributed by atoms with Crippen molar-refractivity contribution in [2.45, 2.75) is 19.9 Å². The van der Waals surface area contributed by atoms with Gasteiger partial charge in [0.15, 0.2) is 17.2 Å². The minimum absolute atomic E-state index is 0.0318. The second-order valence-electron chi connectivity index (χ2n) is 5.29. The fraction of sp³-hybridized carbons (Fsp3) is 0.312. The summed E-state index contributed by atoms with van der Waals surface area (Å²) in [5, 5.41) is 16.0. The lowest BCUT2D eigenvalue weighted by molar-refractivity contribution is 0.0696. The van der Waals surface area contributed by atoms with E-state index in [-0.39, 0.29) is 34.5 Å². The summed E-state index contributed by atoms with van der Waals surface area (Å²) in [6, 6.07) is 4.34. The van der Waals surface area contributed by atoms with Crippen molar-refractivity contribution in [2.24, 2.45) is 0 Å². The number of carboxylic acid groups (broad SMARTS) is 1. The molecular formula is C16H19N3O5. The zero-order valence-electron chi connectivity index (χ0n) is 13.9. The van der Waals surface area contributed by atoms with Crippen LogP contribution in [0.1, 0.15) is 40.7 Å². The van der Waals surface area contributed by atoms with Gasteiger partial charge in [0, 0.05) is 12.2 Å². The Hall–Kier alpha value is -3.03. The quantitative estimate of drug-likeness (QED) is 0.841. The van der Waals surface area contributed by atoms with E-state index in [1.165, 1.54) is 26.4 Å². The lowest BCUT2D eigenvalue weighted by Crippen LogP contribution is -2.15. The molecule has 0 bridgehead atoms. The number of methoxy groups -OCH3 is 2. The van der Waals surface area contributed by atoms with Crippen LogP contribution in [0.25, 0.3) is 0 Å². The highest BCUT2D eigenvalue weighted by Crippen LogP contribution is 2.36. The Morgan fingerprint density at radius 1 is 1.25 bits per heavy atom. The van der Waals surface area contributed by atoms with Gasteiger partial charge in [-0.15, -0.1) is 0 Å². The van der Waals surface area contributed by atoms with E-state index in [0.29, 0.717) is 0 Å². The lowest BCUT2D eigenvalue weighted by atomic mass is 10.1. The molecule has 0 fully saturated rings. The summed E-state index contributed by atoms with van der Waals surface area (Å²) in [5.41, 5.74) is 0.374. The van der Waals surface area contributed by atoms with Gasteiger partial charge in [0.2, 0.25) is 0 Å². The number of hydrogen-bond acceptors (Lipinski definition) is 5. The fourth-order valence-corrected chi connectivity index (χ4v) is 2.11. The van der Waals surface area contributed by atoms with Crippen LogP contribution in [0, 0.1) is 0 Å². The van der Waals surface area contributed by atoms with E-state index in [1.807, 2.05) is 13.8 Å². The highest BCUT2D eigenvalue weighted by molar-refractivity contribution is 6.04. The van der Waals surface area contributed by atoms with Crippen LogP contribution >= 0.6 is 0 Å². The maximum absolute atomic E-state index is 12.4. The molecule has 128 valence electrons. The van der Waals surface area contributed by atoms with Gasteiger partial charge < -0.3 is 19.9 Å². The molecule has 1 amide bonds. The Morgan fingerprint density at radius 2 is 1.96 bits per heavy atom. The van der Waals surface area contributed by atoms with Crippen LogP contribution in [-0.4, -0.2) is 41.0 Å². The van der Waals surface area contributed by atoms with Gasteiger partial charge in [0.25, 0.3) is 5.91 Å². The highest BCUT2D eigenvalue weighted by Gasteiger charge is 2.19. The van der Waals surface area contributed by atoms with Crippen LogP contribution in [0.3, 0.4) is 0 Å². The highest BCUT2D eigenvalue weighted by atomic mass is 16.5. The maximum Gasteiger partial charge on any atom is 0.335 e. The van der Waals surface area contributed by atoms with Gasteiger partial charge in [-0.25, -0.2) is 4.79 Å². The Labute approximate surface area is 139 Å². The Kier molecular flexibility index (Phi) is 5.08. The number of rotatable bonds is 6. The Morgan fingerprint density at radius 3 is 2.46 bits per heavy atom. The summed E-state index contributed by atoms with van der Waals surface area (Å²) >= 11 is 0. The number of hydrogen-bond donors (Lipinski definition) is 2. The number of carbonyl (C=O) groups excluding carboxylic acids is 1. The molecule has 0 radical (unpaired) electrons. The molecule has 1 aromatic heterocycles. The van der Waals surface area contributed by atoms with E-state index >= 15 is 0 Å². The van der Waals surface area contributed by atoms with Crippen molar-refractivity contribution in [2.75, 3.05) is 19.5 Å². The van der Waals surface area contributed by atoms with E-state index in [9.17, 15) is 14.7 Å². The molecule has 0 aliphatic carbocycles. The van der Waals surface area contributed by atoms with Gasteiger partial charge in [-0.2, -0.15) is 5.10 Å². The van der Waals surface area contributed by atoms with Gasteiger partial charge in [0.05, 0.1) is 25.5 Å². The topological polar surface area (TPSA) is 103 Å². The molecule has 0 atom stereocenters. The molecule has 0 saturated carbocycles. The minimum atomic E-state index is -1.14. The molecular weight excluding hydrogens is 314 g/mol. The molecule has 8 heteroatoms. The molecule has 24 heavy (non-hydrogen) atoms. The molecule has 2 rings (SSSR count). The number of benzene rings is 1. The number of anilines is 1. The molecule has 0 aliphatic heterocycles. The second-order valence-corrected chi connectivity index (χ2v) is 5.29. The van der Waals surface area contributed by atoms with E-state index in [4.69, 9.17) is 9.47 Å². The molecule has 0 saturated heterocycles. The first kappa shape index (κ1) is 17.3. The summed E-state index contributed by atoms with van der Waals surface area (Å²) < 4.78 is 12.0. The van der Waals surface area contributed by atoms with Crippen molar-refractivity contribution in [3.8, 4) is 11.5 Å². The average molecular weight is 333 g/mol. The first-order valence-corrected chi connectivity index (χ1v) is 7.23. The van der Waals surface area contributed by atoms with Crippen molar-refractivity contribution < 1.29 is 24.2 Å². The average Bonchev–Trinajstić information content (AvgIpc) is 3.04. The Balaban J connectivity index is 2.37. The standard InChI is InChI=1S/C16H19N3O5/c1-9(2)19-6-5-11(18-19)15(20)17-12-7-10(16(21)22)8-13(23-3)14(12)24-4/h5-9H,1-4H3,(H,17,20)(H,21,22). The molecule has 2 aromatic rings. The molecule has 2 N–H and O–H groups in total. The number of amides is 1. The number of ether oxygens (including phenoxy) is 2. The smallest absolute Gasteiger partial charge is 0.335 e. The third-order valence-electron chi connectivity index (χ3n) is 3.34. The predicted octanol–water partition coefficient (Wildman–Crippen LogP) is 2.43. The van der Waals surface area contributed by atoms with E-state index in [0.717, 1.165) is 0 Å². The summed E-state index contributed by atoms with van der Waals surface area (Å²) in [4.78, 5) is 23.6. The van der Waals surface area contributed by atoms with Gasteiger partial charge in [0.1, 0.15) is 0 Å². The van der Waals surface area contributed by atoms with E-state index in [2.05, 4.69) is 10.4 Å². The third kappa shape index (κ3) is 3.48. The minimum Gasteiger partial charge on any atom is -0.493 e. The molecule has 0 spiro atoms. The summed E-state index contributed by atoms with van der Waals surface area (Å²) in [5.74, 6) is -1.17. The zero-order valence-corrected chi connectivity index (χ0v) is 13.9. The van der Waals surface area contributed by atoms with Crippen LogP contribution in [0.5, 0.6) is 11.5 Å². The van der Waals surface area contributed by atoms with Crippen molar-refractivity contribution in [1.82, 2.24) is 9.78 Å².